The summed E-state index contributed by atoms with van der Waals surface area (Å²) in [6.45, 7) is 2.36. The van der Waals surface area contributed by atoms with Crippen LogP contribution in [-0.2, 0) is 6.67 Å². The zero-order valence-corrected chi connectivity index (χ0v) is 13.0. The average Bonchev–Trinajstić information content (AvgIpc) is 2.81. The summed E-state index contributed by atoms with van der Waals surface area (Å²) in [5.74, 6) is 0.494. The van der Waals surface area contributed by atoms with Gasteiger partial charge in [-0.25, -0.2) is 0 Å². The van der Waals surface area contributed by atoms with E-state index in [0.717, 1.165) is 31.5 Å². The highest BCUT2D eigenvalue weighted by molar-refractivity contribution is 7.71. The quantitative estimate of drug-likeness (QED) is 0.840. The van der Waals surface area contributed by atoms with Crippen molar-refractivity contribution in [3.8, 4) is 11.5 Å². The van der Waals surface area contributed by atoms with E-state index in [1.807, 2.05) is 12.1 Å². The van der Waals surface area contributed by atoms with Crippen molar-refractivity contribution in [1.29, 1.82) is 0 Å². The van der Waals surface area contributed by atoms with E-state index in [2.05, 4.69) is 5.10 Å². The van der Waals surface area contributed by atoms with E-state index >= 15 is 0 Å². The molecule has 5 nitrogen and oxygen atoms in total. The minimum absolute atomic E-state index is 0.231. The maximum atomic E-state index is 9.72. The number of quaternary nitrogens is 1. The third-order valence-corrected chi connectivity index (χ3v) is 4.21. The van der Waals surface area contributed by atoms with Gasteiger partial charge in [-0.1, -0.05) is 11.6 Å². The lowest BCUT2D eigenvalue weighted by atomic mass is 10.1. The van der Waals surface area contributed by atoms with Crippen LogP contribution in [0, 0.1) is 4.84 Å². The van der Waals surface area contributed by atoms with Gasteiger partial charge in [0.25, 0.3) is 4.84 Å². The molecular weight excluding hydrogens is 310 g/mol. The molecule has 0 amide bonds. The van der Waals surface area contributed by atoms with Gasteiger partial charge in [-0.15, -0.1) is 5.10 Å². The average molecular weight is 327 g/mol. The van der Waals surface area contributed by atoms with E-state index in [9.17, 15) is 5.11 Å². The van der Waals surface area contributed by atoms with Crippen LogP contribution in [0.4, 0.5) is 0 Å². The number of nitrogens with one attached hydrogen (secondary N) is 1. The van der Waals surface area contributed by atoms with E-state index in [1.54, 1.807) is 16.8 Å². The molecule has 1 aliphatic heterocycles. The molecule has 21 heavy (non-hydrogen) atoms. The number of hydrogen-bond acceptors (Lipinski definition) is 4. The lowest BCUT2D eigenvalue weighted by Gasteiger charge is -2.26. The predicted octanol–water partition coefficient (Wildman–Crippen LogP) is 1.52. The molecule has 2 N–H and O–H groups in total. The molecule has 1 aromatic heterocycles. The van der Waals surface area contributed by atoms with Crippen molar-refractivity contribution >= 4 is 23.8 Å². The summed E-state index contributed by atoms with van der Waals surface area (Å²) in [6.07, 6.45) is 1.67. The van der Waals surface area contributed by atoms with Crippen LogP contribution in [-0.4, -0.2) is 34.1 Å². The smallest absolute Gasteiger partial charge is 0.292 e. The van der Waals surface area contributed by atoms with Crippen molar-refractivity contribution in [2.75, 3.05) is 13.1 Å². The molecule has 1 aromatic carbocycles. The van der Waals surface area contributed by atoms with Crippen LogP contribution in [0.25, 0.3) is 11.5 Å². The lowest BCUT2D eigenvalue weighted by molar-refractivity contribution is -0.931. The highest BCUT2D eigenvalue weighted by Crippen LogP contribution is 2.20. The number of aliphatic hydroxyl groups is 1. The number of halogens is 1. The highest BCUT2D eigenvalue weighted by Gasteiger charge is 2.22. The Hall–Kier alpha value is -1.21. The first-order valence-electron chi connectivity index (χ1n) is 6.97. The van der Waals surface area contributed by atoms with Gasteiger partial charge in [0.2, 0.25) is 5.89 Å². The van der Waals surface area contributed by atoms with Crippen LogP contribution in [0.15, 0.2) is 28.7 Å². The first kappa shape index (κ1) is 14.7. The molecule has 1 fully saturated rings. The molecule has 3 rings (SSSR count). The molecule has 7 heteroatoms. The zero-order chi connectivity index (χ0) is 14.8. The van der Waals surface area contributed by atoms with Gasteiger partial charge < -0.3 is 14.4 Å². The number of benzene rings is 1. The Morgan fingerprint density at radius 1 is 1.43 bits per heavy atom. The van der Waals surface area contributed by atoms with Gasteiger partial charge in [-0.2, -0.15) is 4.68 Å². The molecule has 1 aliphatic rings. The third kappa shape index (κ3) is 3.52. The van der Waals surface area contributed by atoms with Crippen LogP contribution in [0.5, 0.6) is 0 Å². The predicted molar refractivity (Wildman–Crippen MR) is 81.7 cm³/mol. The largest absolute Gasteiger partial charge is 0.409 e. The summed E-state index contributed by atoms with van der Waals surface area (Å²) in [5, 5.41) is 14.8. The molecule has 0 saturated carbocycles. The third-order valence-electron chi connectivity index (χ3n) is 3.66. The van der Waals surface area contributed by atoms with Crippen LogP contribution in [0.1, 0.15) is 12.8 Å². The van der Waals surface area contributed by atoms with E-state index in [-0.39, 0.29) is 6.10 Å². The van der Waals surface area contributed by atoms with Gasteiger partial charge in [-0.05, 0) is 49.3 Å². The molecule has 0 spiro atoms. The highest BCUT2D eigenvalue weighted by atomic mass is 35.5. The van der Waals surface area contributed by atoms with Crippen LogP contribution < -0.4 is 4.90 Å². The first-order chi connectivity index (χ1) is 10.1. The Labute approximate surface area is 132 Å². The standard InChI is InChI=1S/C14H16ClN3O2S/c15-11-5-3-10(4-6-11)13-16-18(14(21)20-13)9-17-7-1-2-12(19)8-17/h3-6,12,19H,1-2,7-9H2/p+1/t12-/m0/s1. The molecule has 2 atom stereocenters. The van der Waals surface area contributed by atoms with Gasteiger partial charge in [0.05, 0.1) is 6.54 Å². The number of hydrogen-bond donors (Lipinski definition) is 2. The molecule has 1 saturated heterocycles. The van der Waals surface area contributed by atoms with E-state index in [4.69, 9.17) is 28.2 Å². The molecule has 1 unspecified atom stereocenters. The van der Waals surface area contributed by atoms with Gasteiger partial charge in [0, 0.05) is 10.6 Å². The molecule has 112 valence electrons. The number of piperidine rings is 1. The summed E-state index contributed by atoms with van der Waals surface area (Å²) in [7, 11) is 0. The Morgan fingerprint density at radius 2 is 2.19 bits per heavy atom. The summed E-state index contributed by atoms with van der Waals surface area (Å²) in [4.78, 5) is 1.62. The van der Waals surface area contributed by atoms with E-state index in [1.165, 1.54) is 4.90 Å². The Morgan fingerprint density at radius 3 is 2.90 bits per heavy atom. The fraction of sp³-hybridized carbons (Fsp3) is 0.429. The van der Waals surface area contributed by atoms with E-state index in [0.29, 0.717) is 22.4 Å². The second-order valence-electron chi connectivity index (χ2n) is 5.34. The first-order valence-corrected chi connectivity index (χ1v) is 7.76. The number of aromatic nitrogens is 2. The van der Waals surface area contributed by atoms with E-state index < -0.39 is 0 Å². The maximum absolute atomic E-state index is 9.72. The van der Waals surface area contributed by atoms with Crippen LogP contribution >= 0.6 is 23.8 Å². The van der Waals surface area contributed by atoms with Gasteiger partial charge in [-0.3, -0.25) is 0 Å². The Kier molecular flexibility index (Phi) is 4.40. The summed E-state index contributed by atoms with van der Waals surface area (Å²) in [5.41, 5.74) is 0.845. The zero-order valence-electron chi connectivity index (χ0n) is 11.5. The summed E-state index contributed by atoms with van der Waals surface area (Å²) < 4.78 is 7.24. The Bertz CT molecular complexity index is 668. The summed E-state index contributed by atoms with van der Waals surface area (Å²) in [6, 6.07) is 7.29. The van der Waals surface area contributed by atoms with Crippen molar-refractivity contribution in [2.24, 2.45) is 0 Å². The van der Waals surface area contributed by atoms with Crippen molar-refractivity contribution < 1.29 is 14.4 Å². The number of rotatable bonds is 3. The van der Waals surface area contributed by atoms with Gasteiger partial charge in [0.1, 0.15) is 12.6 Å². The van der Waals surface area contributed by atoms with Crippen molar-refractivity contribution in [3.05, 3.63) is 34.1 Å². The molecule has 0 radical (unpaired) electrons. The number of likely N-dealkylation sites (tertiary alicyclic amines) is 1. The molecular formula is C14H17ClN3O2S+. The van der Waals surface area contributed by atoms with Crippen LogP contribution in [0.2, 0.25) is 5.02 Å². The van der Waals surface area contributed by atoms with Crippen molar-refractivity contribution in [1.82, 2.24) is 9.78 Å². The van der Waals surface area contributed by atoms with Crippen molar-refractivity contribution in [2.45, 2.75) is 25.6 Å². The minimum atomic E-state index is -0.231. The SMILES string of the molecule is O[C@H]1CCC[NH+](Cn2nc(-c3ccc(Cl)cc3)oc2=S)C1. The fourth-order valence-corrected chi connectivity index (χ4v) is 2.91. The summed E-state index contributed by atoms with van der Waals surface area (Å²) >= 11 is 11.1. The molecule has 2 aromatic rings. The fourth-order valence-electron chi connectivity index (χ4n) is 2.60. The number of nitrogens with zero attached hydrogens (tertiary/aromatic N) is 2. The lowest BCUT2D eigenvalue weighted by Crippen LogP contribution is -3.13. The second-order valence-corrected chi connectivity index (χ2v) is 6.12. The van der Waals surface area contributed by atoms with Crippen molar-refractivity contribution in [3.63, 3.8) is 0 Å². The minimum Gasteiger partial charge on any atom is -0.409 e. The normalized spacial score (nSPS) is 22.4. The number of aliphatic hydroxyl groups excluding tert-OH is 1. The molecule has 0 aliphatic carbocycles. The monoisotopic (exact) mass is 326 g/mol. The second kappa shape index (κ2) is 6.27. The Balaban J connectivity index is 1.78. The molecule has 2 heterocycles. The van der Waals surface area contributed by atoms with Gasteiger partial charge >= 0.3 is 0 Å². The van der Waals surface area contributed by atoms with Gasteiger partial charge in [0.15, 0.2) is 6.67 Å². The maximum Gasteiger partial charge on any atom is 0.292 e. The topological polar surface area (TPSA) is 55.6 Å². The molecule has 0 bridgehead atoms. The van der Waals surface area contributed by atoms with Crippen LogP contribution in [0.3, 0.4) is 0 Å².